The molecule has 0 bridgehead atoms. The maximum atomic E-state index is 11.9. The predicted molar refractivity (Wildman–Crippen MR) is 82.7 cm³/mol. The second-order valence-electron chi connectivity index (χ2n) is 4.89. The minimum atomic E-state index is 0.0325. The first-order valence-electron chi connectivity index (χ1n) is 6.63. The molecule has 104 valence electrons. The quantitative estimate of drug-likeness (QED) is 0.837. The molecule has 20 heavy (non-hydrogen) atoms. The van der Waals surface area contributed by atoms with Crippen LogP contribution in [0.25, 0.3) is 0 Å². The Hall–Kier alpha value is -1.80. The van der Waals surface area contributed by atoms with Crippen molar-refractivity contribution in [3.8, 4) is 0 Å². The number of rotatable bonds is 5. The van der Waals surface area contributed by atoms with Gasteiger partial charge in [0.2, 0.25) is 5.91 Å². The molecule has 1 N–H and O–H groups in total. The molecule has 0 fully saturated rings. The van der Waals surface area contributed by atoms with Crippen molar-refractivity contribution < 1.29 is 4.79 Å². The molecule has 0 unspecified atom stereocenters. The van der Waals surface area contributed by atoms with Crippen molar-refractivity contribution in [3.05, 3.63) is 70.8 Å². The first kappa shape index (κ1) is 14.6. The van der Waals surface area contributed by atoms with Gasteiger partial charge in [-0.1, -0.05) is 54.1 Å². The molecule has 0 saturated carbocycles. The van der Waals surface area contributed by atoms with Gasteiger partial charge in [0, 0.05) is 12.4 Å². The van der Waals surface area contributed by atoms with Gasteiger partial charge in [0.05, 0.1) is 6.42 Å². The highest BCUT2D eigenvalue weighted by Gasteiger charge is 2.03. The van der Waals surface area contributed by atoms with Gasteiger partial charge in [-0.05, 0) is 23.6 Å². The fourth-order valence-electron chi connectivity index (χ4n) is 1.98. The molecule has 3 heteroatoms. The monoisotopic (exact) mass is 287 g/mol. The molecule has 0 aliphatic carbocycles. The van der Waals surface area contributed by atoms with Crippen molar-refractivity contribution in [2.75, 3.05) is 0 Å². The van der Waals surface area contributed by atoms with Crippen LogP contribution in [0.5, 0.6) is 0 Å². The maximum absolute atomic E-state index is 11.9. The van der Waals surface area contributed by atoms with Crippen LogP contribution < -0.4 is 5.32 Å². The highest BCUT2D eigenvalue weighted by Crippen LogP contribution is 2.08. The van der Waals surface area contributed by atoms with E-state index in [0.29, 0.717) is 18.8 Å². The van der Waals surface area contributed by atoms with Gasteiger partial charge in [-0.15, -0.1) is 11.6 Å². The van der Waals surface area contributed by atoms with Crippen LogP contribution in [0.2, 0.25) is 0 Å². The Morgan fingerprint density at radius 1 is 1.05 bits per heavy atom. The summed E-state index contributed by atoms with van der Waals surface area (Å²) >= 11 is 5.79. The Kier molecular flexibility index (Phi) is 5.19. The summed E-state index contributed by atoms with van der Waals surface area (Å²) in [5.41, 5.74) is 4.37. The summed E-state index contributed by atoms with van der Waals surface area (Å²) < 4.78 is 0. The van der Waals surface area contributed by atoms with Crippen LogP contribution in [0.1, 0.15) is 22.3 Å². The summed E-state index contributed by atoms with van der Waals surface area (Å²) in [5.74, 6) is 0.524. The first-order chi connectivity index (χ1) is 9.67. The topological polar surface area (TPSA) is 29.1 Å². The average molecular weight is 288 g/mol. The van der Waals surface area contributed by atoms with Crippen molar-refractivity contribution in [2.24, 2.45) is 0 Å². The number of aryl methyl sites for hydroxylation is 1. The predicted octanol–water partition coefficient (Wildman–Crippen LogP) is 3.59. The molecule has 2 nitrogen and oxygen atoms in total. The van der Waals surface area contributed by atoms with Gasteiger partial charge in [-0.3, -0.25) is 4.79 Å². The maximum Gasteiger partial charge on any atom is 0.224 e. The standard InChI is InChI=1S/C17H18ClNO/c1-13-5-7-14(8-6-13)10-17(20)19-12-16-4-2-3-15(9-16)11-18/h2-9H,10-12H2,1H3,(H,19,20). The molecule has 0 saturated heterocycles. The van der Waals surface area contributed by atoms with E-state index < -0.39 is 0 Å². The molecule has 0 heterocycles. The summed E-state index contributed by atoms with van der Waals surface area (Å²) in [5, 5.41) is 2.93. The highest BCUT2D eigenvalue weighted by atomic mass is 35.5. The second kappa shape index (κ2) is 7.11. The van der Waals surface area contributed by atoms with Crippen LogP contribution in [0.15, 0.2) is 48.5 Å². The molecule has 2 aromatic carbocycles. The molecule has 0 aliphatic rings. The van der Waals surface area contributed by atoms with Gasteiger partial charge < -0.3 is 5.32 Å². The van der Waals surface area contributed by atoms with Crippen molar-refractivity contribution in [2.45, 2.75) is 25.8 Å². The lowest BCUT2D eigenvalue weighted by molar-refractivity contribution is -0.120. The number of carbonyl (C=O) groups excluding carboxylic acids is 1. The van der Waals surface area contributed by atoms with E-state index >= 15 is 0 Å². The molecule has 0 spiro atoms. The van der Waals surface area contributed by atoms with Gasteiger partial charge in [-0.2, -0.15) is 0 Å². The molecule has 0 aromatic heterocycles. The molecule has 0 radical (unpaired) electrons. The van der Waals surface area contributed by atoms with Crippen molar-refractivity contribution in [3.63, 3.8) is 0 Å². The van der Waals surface area contributed by atoms with E-state index in [1.165, 1.54) is 5.56 Å². The third-order valence-electron chi connectivity index (χ3n) is 3.12. The lowest BCUT2D eigenvalue weighted by atomic mass is 10.1. The second-order valence-corrected chi connectivity index (χ2v) is 5.16. The number of halogens is 1. The summed E-state index contributed by atoms with van der Waals surface area (Å²) in [6.45, 7) is 2.57. The largest absolute Gasteiger partial charge is 0.352 e. The molecule has 2 aromatic rings. The Balaban J connectivity index is 1.87. The zero-order valence-electron chi connectivity index (χ0n) is 11.5. The van der Waals surface area contributed by atoms with E-state index in [2.05, 4.69) is 5.32 Å². The number of nitrogens with one attached hydrogen (secondary N) is 1. The molecular formula is C17H18ClNO. The van der Waals surface area contributed by atoms with Gasteiger partial charge in [0.25, 0.3) is 0 Å². The van der Waals surface area contributed by atoms with E-state index in [4.69, 9.17) is 11.6 Å². The van der Waals surface area contributed by atoms with Gasteiger partial charge in [-0.25, -0.2) is 0 Å². The Morgan fingerprint density at radius 2 is 1.75 bits per heavy atom. The summed E-state index contributed by atoms with van der Waals surface area (Å²) in [4.78, 5) is 11.9. The number of carbonyl (C=O) groups is 1. The number of alkyl halides is 1. The minimum absolute atomic E-state index is 0.0325. The fraction of sp³-hybridized carbons (Fsp3) is 0.235. The minimum Gasteiger partial charge on any atom is -0.352 e. The van der Waals surface area contributed by atoms with E-state index in [1.54, 1.807) is 0 Å². The van der Waals surface area contributed by atoms with E-state index in [0.717, 1.165) is 16.7 Å². The van der Waals surface area contributed by atoms with Crippen LogP contribution in [-0.2, 0) is 23.6 Å². The van der Waals surface area contributed by atoms with Crippen LogP contribution in [0, 0.1) is 6.92 Å². The summed E-state index contributed by atoms with van der Waals surface area (Å²) in [6, 6.07) is 16.0. The first-order valence-corrected chi connectivity index (χ1v) is 7.17. The van der Waals surface area contributed by atoms with Gasteiger partial charge in [0.15, 0.2) is 0 Å². The van der Waals surface area contributed by atoms with Crippen molar-refractivity contribution >= 4 is 17.5 Å². The molecular weight excluding hydrogens is 270 g/mol. The van der Waals surface area contributed by atoms with Crippen LogP contribution in [0.4, 0.5) is 0 Å². The molecule has 1 amide bonds. The zero-order valence-corrected chi connectivity index (χ0v) is 12.3. The zero-order chi connectivity index (χ0) is 14.4. The third kappa shape index (κ3) is 4.39. The van der Waals surface area contributed by atoms with Crippen molar-refractivity contribution in [1.82, 2.24) is 5.32 Å². The molecule has 0 aliphatic heterocycles. The SMILES string of the molecule is Cc1ccc(CC(=O)NCc2cccc(CCl)c2)cc1. The van der Waals surface area contributed by atoms with E-state index in [9.17, 15) is 4.79 Å². The average Bonchev–Trinajstić information content (AvgIpc) is 2.48. The Morgan fingerprint density at radius 3 is 2.45 bits per heavy atom. The summed E-state index contributed by atoms with van der Waals surface area (Å²) in [6.07, 6.45) is 0.412. The van der Waals surface area contributed by atoms with Crippen LogP contribution in [0.3, 0.4) is 0 Å². The smallest absolute Gasteiger partial charge is 0.224 e. The third-order valence-corrected chi connectivity index (χ3v) is 3.43. The fourth-order valence-corrected chi connectivity index (χ4v) is 2.14. The van der Waals surface area contributed by atoms with E-state index in [-0.39, 0.29) is 5.91 Å². The Bertz CT molecular complexity index is 578. The van der Waals surface area contributed by atoms with Gasteiger partial charge in [0.1, 0.15) is 0 Å². The Labute approximate surface area is 124 Å². The van der Waals surface area contributed by atoms with Crippen LogP contribution >= 0.6 is 11.6 Å². The summed E-state index contributed by atoms with van der Waals surface area (Å²) in [7, 11) is 0. The van der Waals surface area contributed by atoms with Crippen LogP contribution in [-0.4, -0.2) is 5.91 Å². The number of amides is 1. The number of benzene rings is 2. The lowest BCUT2D eigenvalue weighted by Gasteiger charge is -2.07. The normalized spacial score (nSPS) is 10.3. The lowest BCUT2D eigenvalue weighted by Crippen LogP contribution is -2.24. The van der Waals surface area contributed by atoms with Gasteiger partial charge >= 0.3 is 0 Å². The highest BCUT2D eigenvalue weighted by molar-refractivity contribution is 6.17. The van der Waals surface area contributed by atoms with E-state index in [1.807, 2.05) is 55.5 Å². The molecule has 0 atom stereocenters. The number of hydrogen-bond donors (Lipinski definition) is 1. The molecule has 2 rings (SSSR count). The number of hydrogen-bond acceptors (Lipinski definition) is 1. The van der Waals surface area contributed by atoms with Crippen molar-refractivity contribution in [1.29, 1.82) is 0 Å².